The Morgan fingerprint density at radius 1 is 0.566 bits per heavy atom. The van der Waals surface area contributed by atoms with Gasteiger partial charge in [-0.2, -0.15) is 0 Å². The van der Waals surface area contributed by atoms with Gasteiger partial charge in [0.05, 0.1) is 9.75 Å². The van der Waals surface area contributed by atoms with Crippen molar-refractivity contribution in [1.29, 1.82) is 0 Å². The third kappa shape index (κ3) is 10.4. The molecule has 0 spiro atoms. The van der Waals surface area contributed by atoms with Crippen LogP contribution in [0.15, 0.2) is 132 Å². The number of amides is 2. The van der Waals surface area contributed by atoms with E-state index in [0.29, 0.717) is 9.75 Å². The maximum Gasteiger partial charge on any atom is 0.284 e. The molecule has 7 aromatic rings. The number of carbonyl (C=O) groups is 2. The lowest BCUT2D eigenvalue weighted by Crippen LogP contribution is -2.16. The van der Waals surface area contributed by atoms with Crippen LogP contribution in [0.2, 0.25) is 0 Å². The van der Waals surface area contributed by atoms with E-state index in [0.717, 1.165) is 61.3 Å². The second-order valence-electron chi connectivity index (χ2n) is 12.4. The first-order chi connectivity index (χ1) is 26.0. The quantitative estimate of drug-likeness (QED) is 0.0341. The molecule has 0 radical (unpaired) electrons. The van der Waals surface area contributed by atoms with Crippen molar-refractivity contribution in [3.8, 4) is 22.3 Å². The van der Waals surface area contributed by atoms with E-state index in [1.54, 1.807) is 23.1 Å². The summed E-state index contributed by atoms with van der Waals surface area (Å²) in [7, 11) is 0. The molecule has 4 aromatic carbocycles. The summed E-state index contributed by atoms with van der Waals surface area (Å²) in [6, 6.07) is 39.0. The molecule has 2 amide bonds. The molecule has 0 unspecified atom stereocenters. The molecule has 9 nitrogen and oxygen atoms in total. The summed E-state index contributed by atoms with van der Waals surface area (Å²) in [4.78, 5) is 27.1. The van der Waals surface area contributed by atoms with Crippen LogP contribution in [0.25, 0.3) is 33.2 Å². The number of benzene rings is 4. The van der Waals surface area contributed by atoms with E-state index in [1.807, 2.05) is 22.9 Å². The third-order valence-electron chi connectivity index (χ3n) is 8.76. The minimum atomic E-state index is -0.479. The molecule has 7 N–H and O–H groups in total. The van der Waals surface area contributed by atoms with Gasteiger partial charge >= 0.3 is 0 Å². The summed E-state index contributed by atoms with van der Waals surface area (Å²) in [5, 5.41) is 29.5. The summed E-state index contributed by atoms with van der Waals surface area (Å²) in [5.74, 6) is -0.956. The van der Waals surface area contributed by atoms with Crippen LogP contribution < -0.4 is 21.6 Å². The van der Waals surface area contributed by atoms with Gasteiger partial charge in [0.25, 0.3) is 11.8 Å². The van der Waals surface area contributed by atoms with Crippen molar-refractivity contribution in [2.24, 2.45) is 0 Å². The van der Waals surface area contributed by atoms with Gasteiger partial charge in [-0.15, -0.1) is 22.7 Å². The Balaban J connectivity index is 0.000000183. The number of carbonyl (C=O) groups excluding carboxylic acids is 2. The highest BCUT2D eigenvalue weighted by Crippen LogP contribution is 2.27. The Kier molecular flexibility index (Phi) is 13.3. The zero-order valence-electron chi connectivity index (χ0n) is 29.0. The van der Waals surface area contributed by atoms with Crippen molar-refractivity contribution < 1.29 is 20.0 Å². The highest BCUT2D eigenvalue weighted by Gasteiger charge is 2.10. The molecule has 0 saturated heterocycles. The summed E-state index contributed by atoms with van der Waals surface area (Å²) < 4.78 is 0. The molecule has 0 fully saturated rings. The number of H-pyrrole nitrogens is 1. The Morgan fingerprint density at radius 3 is 1.62 bits per heavy atom. The molecular formula is C42H41N5O4S2. The van der Waals surface area contributed by atoms with E-state index in [4.69, 9.17) is 10.4 Å². The fourth-order valence-corrected chi connectivity index (χ4v) is 7.47. The second-order valence-corrected chi connectivity index (χ2v) is 14.2. The van der Waals surface area contributed by atoms with Crippen LogP contribution >= 0.6 is 22.7 Å². The van der Waals surface area contributed by atoms with Crippen LogP contribution in [0, 0.1) is 0 Å². The van der Waals surface area contributed by atoms with Gasteiger partial charge in [-0.1, -0.05) is 97.1 Å². The van der Waals surface area contributed by atoms with E-state index in [-0.39, 0.29) is 0 Å². The van der Waals surface area contributed by atoms with Crippen LogP contribution in [0.4, 0.5) is 0 Å². The van der Waals surface area contributed by atoms with Gasteiger partial charge < -0.3 is 15.6 Å². The van der Waals surface area contributed by atoms with Gasteiger partial charge in [-0.3, -0.25) is 20.0 Å². The number of nitrogens with one attached hydrogen (secondary N) is 5. The lowest BCUT2D eigenvalue weighted by atomic mass is 10.1. The smallest absolute Gasteiger partial charge is 0.284 e. The lowest BCUT2D eigenvalue weighted by molar-refractivity contribution is 0.0706. The van der Waals surface area contributed by atoms with E-state index >= 15 is 0 Å². The van der Waals surface area contributed by atoms with Gasteiger partial charge in [0.15, 0.2) is 0 Å². The molecule has 0 aliphatic rings. The first-order valence-corrected chi connectivity index (χ1v) is 19.0. The maximum absolute atomic E-state index is 11.5. The molecule has 0 aliphatic heterocycles. The van der Waals surface area contributed by atoms with Crippen molar-refractivity contribution in [3.63, 3.8) is 0 Å². The fraction of sp³-hybridized carbons (Fsp3) is 0.143. The molecule has 11 heteroatoms. The van der Waals surface area contributed by atoms with Gasteiger partial charge in [-0.05, 0) is 99.4 Å². The fourth-order valence-electron chi connectivity index (χ4n) is 5.86. The summed E-state index contributed by atoms with van der Waals surface area (Å²) in [6.45, 7) is 3.49. The Morgan fingerprint density at radius 2 is 1.08 bits per heavy atom. The van der Waals surface area contributed by atoms with E-state index in [1.165, 1.54) is 55.8 Å². The van der Waals surface area contributed by atoms with Gasteiger partial charge in [0.1, 0.15) is 0 Å². The average Bonchev–Trinajstić information content (AvgIpc) is 4.00. The van der Waals surface area contributed by atoms with Crippen LogP contribution in [-0.4, -0.2) is 40.3 Å². The Bertz CT molecular complexity index is 2210. The van der Waals surface area contributed by atoms with Gasteiger partial charge in [0.2, 0.25) is 0 Å². The molecule has 270 valence electrons. The third-order valence-corrected chi connectivity index (χ3v) is 10.6. The van der Waals surface area contributed by atoms with Crippen molar-refractivity contribution >= 4 is 45.4 Å². The van der Waals surface area contributed by atoms with Crippen LogP contribution in [0.5, 0.6) is 0 Å². The Labute approximate surface area is 316 Å². The van der Waals surface area contributed by atoms with Crippen molar-refractivity contribution in [3.05, 3.63) is 164 Å². The monoisotopic (exact) mass is 743 g/mol. The molecular weight excluding hydrogens is 703 g/mol. The van der Waals surface area contributed by atoms with Crippen molar-refractivity contribution in [2.45, 2.75) is 25.9 Å². The van der Waals surface area contributed by atoms with Crippen LogP contribution in [0.1, 0.15) is 41.6 Å². The molecule has 0 aliphatic carbocycles. The predicted octanol–water partition coefficient (Wildman–Crippen LogP) is 8.21. The number of hydrogen-bond donors (Lipinski definition) is 7. The molecule has 7 rings (SSSR count). The molecule has 53 heavy (non-hydrogen) atoms. The first-order valence-electron chi connectivity index (χ1n) is 17.3. The SMILES string of the molecule is O=C(NO)c1cc(-c2ccc(CNCCc3c[nH]c4ccccc34)cc2)cs1.O=C(NO)c1cc(-c2ccc(CNCCc3ccccc3)cc2)cs1. The highest BCUT2D eigenvalue weighted by molar-refractivity contribution is 7.12. The number of thiophene rings is 2. The second kappa shape index (κ2) is 18.9. The number of hydroxylamine groups is 2. The lowest BCUT2D eigenvalue weighted by Gasteiger charge is -2.06. The molecule has 3 heterocycles. The minimum absolute atomic E-state index is 0.476. The van der Waals surface area contributed by atoms with Crippen LogP contribution in [-0.2, 0) is 25.9 Å². The average molecular weight is 744 g/mol. The number of para-hydroxylation sites is 1. The van der Waals surface area contributed by atoms with Crippen molar-refractivity contribution in [1.82, 2.24) is 26.6 Å². The van der Waals surface area contributed by atoms with E-state index in [9.17, 15) is 9.59 Å². The highest BCUT2D eigenvalue weighted by atomic mass is 32.1. The molecule has 3 aromatic heterocycles. The normalized spacial score (nSPS) is 10.8. The number of rotatable bonds is 14. The Hall–Kier alpha value is -5.40. The zero-order valence-corrected chi connectivity index (χ0v) is 30.6. The van der Waals surface area contributed by atoms with Gasteiger partial charge in [-0.25, -0.2) is 11.0 Å². The molecule has 0 saturated carbocycles. The summed E-state index contributed by atoms with van der Waals surface area (Å²) >= 11 is 2.62. The van der Waals surface area contributed by atoms with E-state index < -0.39 is 11.8 Å². The van der Waals surface area contributed by atoms with Gasteiger partial charge in [0, 0.05) is 30.2 Å². The number of aromatic nitrogens is 1. The van der Waals surface area contributed by atoms with Crippen molar-refractivity contribution in [2.75, 3.05) is 13.1 Å². The standard InChI is InChI=1S/C22H21N3O2S.C20H20N2O2S/c26-22(25-27)21-11-18(14-28-21)16-7-5-15(6-8-16)12-23-10-9-17-13-24-20-4-2-1-3-19(17)20;23-20(22-24)19-12-18(14-25-19)17-8-6-16(7-9-17)13-21-11-10-15-4-2-1-3-5-15/h1-8,11,13-14,23-24,27H,9-10,12H2,(H,25,26);1-9,12,14,21,24H,10-11,13H2,(H,22,23). The first kappa shape index (κ1) is 37.4. The maximum atomic E-state index is 11.5. The predicted molar refractivity (Wildman–Crippen MR) is 214 cm³/mol. The number of aromatic amines is 1. The summed E-state index contributed by atoms with van der Waals surface area (Å²) in [5.41, 5.74) is 13.7. The molecule has 0 atom stereocenters. The number of hydrogen-bond acceptors (Lipinski definition) is 8. The van der Waals surface area contributed by atoms with E-state index in [2.05, 4.69) is 113 Å². The largest absolute Gasteiger partial charge is 0.361 e. The van der Waals surface area contributed by atoms with Crippen LogP contribution in [0.3, 0.4) is 0 Å². The zero-order chi connectivity index (χ0) is 36.8. The molecule has 0 bridgehead atoms. The number of fused-ring (bicyclic) bond motifs is 1. The minimum Gasteiger partial charge on any atom is -0.361 e. The summed E-state index contributed by atoms with van der Waals surface area (Å²) in [6.07, 6.45) is 4.09. The topological polar surface area (TPSA) is 139 Å².